The van der Waals surface area contributed by atoms with E-state index >= 15 is 26.3 Å². The predicted molar refractivity (Wildman–Crippen MR) is 113 cm³/mol. The zero-order valence-electron chi connectivity index (χ0n) is 19.1. The zero-order chi connectivity index (χ0) is 30.7. The Kier molecular flexibility index (Phi) is 7.53. The molecule has 0 saturated heterocycles. The Morgan fingerprint density at radius 1 is 0.317 bits per heavy atom. The van der Waals surface area contributed by atoms with E-state index in [0.717, 1.165) is 24.3 Å². The molecule has 4 rings (SSSR count). The highest BCUT2D eigenvalue weighted by atomic mass is 28.3. The molecule has 0 bridgehead atoms. The van der Waals surface area contributed by atoms with E-state index in [1.807, 2.05) is 0 Å². The zero-order valence-corrected chi connectivity index (χ0v) is 20.1. The van der Waals surface area contributed by atoms with Gasteiger partial charge in [-0.05, 0) is 12.1 Å². The molecule has 41 heavy (non-hydrogen) atoms. The fourth-order valence-electron chi connectivity index (χ4n) is 4.10. The monoisotopic (exact) mass is 621 g/mol. The van der Waals surface area contributed by atoms with Crippen molar-refractivity contribution in [3.05, 3.63) is 118 Å². The fourth-order valence-corrected chi connectivity index (χ4v) is 8.46. The Morgan fingerprint density at radius 2 is 0.537 bits per heavy atom. The second-order valence-corrected chi connectivity index (χ2v) is 11.3. The first-order valence-electron chi connectivity index (χ1n) is 10.5. The van der Waals surface area contributed by atoms with E-state index < -0.39 is 117 Å². The van der Waals surface area contributed by atoms with Crippen molar-refractivity contribution in [3.8, 4) is 0 Å². The van der Waals surface area contributed by atoms with Gasteiger partial charge in [-0.15, -0.1) is 0 Å². The standard InChI is InChI=1S/C24H6F15NSi/c25-7-10(28)16(34)22(17(35)11(7)29)41(40-6-4-2-1-3-5-6,23-18(36)12(30)8(26)13(31)19(23)37)24-20(38)14(32)9(27)15(33)21(24)39/h1-5,40H. The molecule has 0 aliphatic heterocycles. The summed E-state index contributed by atoms with van der Waals surface area (Å²) >= 11 is 0. The normalized spacial score (nSPS) is 11.8. The summed E-state index contributed by atoms with van der Waals surface area (Å²) in [5.41, 5.74) is -0.823. The van der Waals surface area contributed by atoms with E-state index in [2.05, 4.69) is 0 Å². The van der Waals surface area contributed by atoms with Gasteiger partial charge in [0.1, 0.15) is 0 Å². The van der Waals surface area contributed by atoms with Crippen LogP contribution in [0.5, 0.6) is 0 Å². The molecule has 0 saturated carbocycles. The van der Waals surface area contributed by atoms with Gasteiger partial charge in [0.25, 0.3) is 8.24 Å². The van der Waals surface area contributed by atoms with E-state index in [4.69, 9.17) is 0 Å². The highest BCUT2D eigenvalue weighted by Gasteiger charge is 2.56. The van der Waals surface area contributed by atoms with E-state index in [0.29, 0.717) is 0 Å². The van der Waals surface area contributed by atoms with Crippen LogP contribution in [0, 0.1) is 87.3 Å². The first kappa shape index (κ1) is 29.8. The van der Waals surface area contributed by atoms with Crippen LogP contribution in [-0.2, 0) is 0 Å². The summed E-state index contributed by atoms with van der Waals surface area (Å²) in [6.07, 6.45) is 0. The van der Waals surface area contributed by atoms with Crippen LogP contribution in [-0.4, -0.2) is 8.24 Å². The Morgan fingerprint density at radius 3 is 0.780 bits per heavy atom. The lowest BCUT2D eigenvalue weighted by Crippen LogP contribution is -2.78. The molecular formula is C24H6F15NSi. The van der Waals surface area contributed by atoms with Crippen LogP contribution in [0.1, 0.15) is 0 Å². The molecule has 0 radical (unpaired) electrons. The molecule has 4 aromatic rings. The number of hydrogen-bond acceptors (Lipinski definition) is 1. The summed E-state index contributed by atoms with van der Waals surface area (Å²) in [4.78, 5) is 1.64. The van der Waals surface area contributed by atoms with Crippen molar-refractivity contribution in [1.82, 2.24) is 0 Å². The van der Waals surface area contributed by atoms with Crippen molar-refractivity contribution < 1.29 is 65.9 Å². The number of hydrogen-bond donors (Lipinski definition) is 1. The van der Waals surface area contributed by atoms with Gasteiger partial charge in [-0.1, -0.05) is 18.2 Å². The highest BCUT2D eigenvalue weighted by molar-refractivity contribution is 7.13. The van der Waals surface area contributed by atoms with Gasteiger partial charge in [-0.25, -0.2) is 65.9 Å². The van der Waals surface area contributed by atoms with Gasteiger partial charge in [0.2, 0.25) is 17.5 Å². The van der Waals surface area contributed by atoms with Crippen molar-refractivity contribution >= 4 is 29.5 Å². The number of rotatable bonds is 5. The van der Waals surface area contributed by atoms with Gasteiger partial charge in [-0.3, -0.25) is 0 Å². The molecule has 4 aromatic carbocycles. The third-order valence-electron chi connectivity index (χ3n) is 5.86. The molecule has 0 fully saturated rings. The van der Waals surface area contributed by atoms with E-state index in [-0.39, 0.29) is 0 Å². The molecule has 1 nitrogen and oxygen atoms in total. The summed E-state index contributed by atoms with van der Waals surface area (Å²) < 4.78 is 220. The first-order chi connectivity index (χ1) is 19.1. The summed E-state index contributed by atoms with van der Waals surface area (Å²) in [5.74, 6) is -45.5. The molecule has 0 aliphatic carbocycles. The number of para-hydroxylation sites is 1. The summed E-state index contributed by atoms with van der Waals surface area (Å²) in [6.45, 7) is 0. The van der Waals surface area contributed by atoms with Crippen molar-refractivity contribution in [1.29, 1.82) is 0 Å². The van der Waals surface area contributed by atoms with Crippen molar-refractivity contribution in [2.45, 2.75) is 0 Å². The van der Waals surface area contributed by atoms with Crippen LogP contribution < -0.4 is 20.5 Å². The molecule has 0 unspecified atom stereocenters. The molecule has 0 aliphatic rings. The van der Waals surface area contributed by atoms with Crippen LogP contribution in [0.2, 0.25) is 0 Å². The Labute approximate surface area is 218 Å². The molecule has 0 heterocycles. The fraction of sp³-hybridized carbons (Fsp3) is 0. The Balaban J connectivity index is 2.47. The summed E-state index contributed by atoms with van der Waals surface area (Å²) in [5, 5.41) is -7.99. The smallest absolute Gasteiger partial charge is 0.269 e. The van der Waals surface area contributed by atoms with Crippen molar-refractivity contribution in [3.63, 3.8) is 0 Å². The lowest BCUT2D eigenvalue weighted by molar-refractivity contribution is 0.379. The molecule has 0 spiro atoms. The number of anilines is 1. The van der Waals surface area contributed by atoms with Crippen molar-refractivity contribution in [2.24, 2.45) is 0 Å². The average Bonchev–Trinajstić information content (AvgIpc) is 2.95. The van der Waals surface area contributed by atoms with E-state index in [9.17, 15) is 39.5 Å². The number of halogens is 15. The van der Waals surface area contributed by atoms with Gasteiger partial charge in [0.15, 0.2) is 69.8 Å². The summed E-state index contributed by atoms with van der Waals surface area (Å²) in [7, 11) is -7.13. The Hall–Kier alpha value is -4.15. The minimum atomic E-state index is -7.13. The molecule has 0 amide bonds. The average molecular weight is 621 g/mol. The van der Waals surface area contributed by atoms with Gasteiger partial charge in [0, 0.05) is 21.2 Å². The van der Waals surface area contributed by atoms with Crippen LogP contribution >= 0.6 is 0 Å². The highest BCUT2D eigenvalue weighted by Crippen LogP contribution is 2.29. The minimum Gasteiger partial charge on any atom is -0.400 e. The molecular weight excluding hydrogens is 615 g/mol. The maximum Gasteiger partial charge on any atom is 0.269 e. The SMILES string of the molecule is Fc1c(F)c(F)c([Si](Nc2ccccc2)(c2c(F)c(F)c(F)c(F)c2F)c2c(F)c(F)c(F)c(F)c2F)c(F)c1F. The first-order valence-corrected chi connectivity index (χ1v) is 12.5. The van der Waals surface area contributed by atoms with Gasteiger partial charge >= 0.3 is 0 Å². The van der Waals surface area contributed by atoms with Crippen LogP contribution in [0.25, 0.3) is 0 Å². The number of nitrogens with one attached hydrogen (secondary N) is 1. The van der Waals surface area contributed by atoms with Crippen LogP contribution in [0.4, 0.5) is 71.5 Å². The lowest BCUT2D eigenvalue weighted by atomic mass is 10.3. The largest absolute Gasteiger partial charge is 0.400 e. The van der Waals surface area contributed by atoms with Crippen LogP contribution in [0.15, 0.2) is 30.3 Å². The third kappa shape index (κ3) is 4.20. The second kappa shape index (κ2) is 10.4. The molecule has 216 valence electrons. The summed E-state index contributed by atoms with van der Waals surface area (Å²) in [6, 6.07) is 4.62. The predicted octanol–water partition coefficient (Wildman–Crippen LogP) is 5.85. The Bertz CT molecular complexity index is 1470. The van der Waals surface area contributed by atoms with Crippen LogP contribution in [0.3, 0.4) is 0 Å². The quantitative estimate of drug-likeness (QED) is 0.0970. The minimum absolute atomic E-state index is 0.742. The maximum absolute atomic E-state index is 15.3. The molecule has 0 atom stereocenters. The van der Waals surface area contributed by atoms with Gasteiger partial charge in [-0.2, -0.15) is 0 Å². The second-order valence-electron chi connectivity index (χ2n) is 8.08. The van der Waals surface area contributed by atoms with Gasteiger partial charge < -0.3 is 4.98 Å². The van der Waals surface area contributed by atoms with Crippen molar-refractivity contribution in [2.75, 3.05) is 4.98 Å². The topological polar surface area (TPSA) is 12.0 Å². The van der Waals surface area contributed by atoms with E-state index in [1.54, 1.807) is 4.98 Å². The molecule has 0 aromatic heterocycles. The lowest BCUT2D eigenvalue weighted by Gasteiger charge is -2.36. The molecule has 1 N–H and O–H groups in total. The van der Waals surface area contributed by atoms with Gasteiger partial charge in [0.05, 0.1) is 0 Å². The number of benzene rings is 4. The van der Waals surface area contributed by atoms with E-state index in [1.165, 1.54) is 6.07 Å². The maximum atomic E-state index is 15.3. The molecule has 17 heteroatoms. The third-order valence-corrected chi connectivity index (χ3v) is 10.1.